The van der Waals surface area contributed by atoms with Crippen LogP contribution < -0.4 is 5.73 Å². The summed E-state index contributed by atoms with van der Waals surface area (Å²) in [5, 5.41) is 2.06. The first-order valence-corrected chi connectivity index (χ1v) is 5.65. The molecule has 0 atom stereocenters. The molecule has 0 saturated heterocycles. The summed E-state index contributed by atoms with van der Waals surface area (Å²) in [7, 11) is 0. The number of hydrogen-bond acceptors (Lipinski definition) is 2. The van der Waals surface area contributed by atoms with E-state index in [0.29, 0.717) is 11.8 Å². The van der Waals surface area contributed by atoms with Crippen LogP contribution in [0.2, 0.25) is 0 Å². The minimum absolute atomic E-state index is 0.442. The van der Waals surface area contributed by atoms with Crippen LogP contribution in [0.15, 0.2) is 22.1 Å². The van der Waals surface area contributed by atoms with Gasteiger partial charge >= 0.3 is 0 Å². The maximum atomic E-state index is 5.83. The van der Waals surface area contributed by atoms with Crippen molar-refractivity contribution in [1.82, 2.24) is 0 Å². The van der Waals surface area contributed by atoms with Crippen molar-refractivity contribution in [3.05, 3.63) is 22.1 Å². The number of allylic oxidation sites excluding steroid dienone is 3. The third kappa shape index (κ3) is 5.04. The van der Waals surface area contributed by atoms with Gasteiger partial charge in [-0.1, -0.05) is 33.8 Å². The summed E-state index contributed by atoms with van der Waals surface area (Å²) in [5.74, 6) is 1.03. The normalized spacial score (nSPS) is 14.4. The molecule has 0 aliphatic carbocycles. The van der Waals surface area contributed by atoms with Crippen molar-refractivity contribution in [2.24, 2.45) is 17.6 Å². The molecule has 0 saturated carbocycles. The smallest absolute Gasteiger partial charge is 0.0174 e. The number of nitrogens with two attached hydrogens (primary N) is 1. The highest BCUT2D eigenvalue weighted by Crippen LogP contribution is 2.26. The van der Waals surface area contributed by atoms with E-state index in [1.807, 2.05) is 0 Å². The lowest BCUT2D eigenvalue weighted by molar-refractivity contribution is 0.759. The highest BCUT2D eigenvalue weighted by molar-refractivity contribution is 8.05. The lowest BCUT2D eigenvalue weighted by atomic mass is 10.2. The largest absolute Gasteiger partial charge is 0.401 e. The van der Waals surface area contributed by atoms with E-state index in [9.17, 15) is 0 Å². The molecule has 13 heavy (non-hydrogen) atoms. The summed E-state index contributed by atoms with van der Waals surface area (Å²) in [4.78, 5) is 1.38. The lowest BCUT2D eigenvalue weighted by Gasteiger charge is -2.09. The number of hydrogen-bond donors (Lipinski definition) is 1. The van der Waals surface area contributed by atoms with E-state index in [4.69, 9.17) is 5.73 Å². The van der Waals surface area contributed by atoms with Crippen molar-refractivity contribution in [2.45, 2.75) is 34.6 Å². The Hall–Kier alpha value is -0.370. The Morgan fingerprint density at radius 3 is 2.00 bits per heavy atom. The molecule has 2 N–H and O–H groups in total. The molecule has 0 fully saturated rings. The average molecular weight is 199 g/mol. The van der Waals surface area contributed by atoms with Crippen LogP contribution in [0.3, 0.4) is 0 Å². The van der Waals surface area contributed by atoms with Crippen LogP contribution in [0.4, 0.5) is 0 Å². The van der Waals surface area contributed by atoms with E-state index in [1.54, 1.807) is 11.8 Å². The average Bonchev–Trinajstić information content (AvgIpc) is 2.04. The second kappa shape index (κ2) is 6.14. The fraction of sp³-hybridized carbons (Fsp3) is 0.636. The topological polar surface area (TPSA) is 26.0 Å². The third-order valence-electron chi connectivity index (χ3n) is 1.85. The summed E-state index contributed by atoms with van der Waals surface area (Å²) in [6, 6.07) is 0. The number of rotatable bonds is 4. The van der Waals surface area contributed by atoms with Crippen molar-refractivity contribution in [3.63, 3.8) is 0 Å². The summed E-state index contributed by atoms with van der Waals surface area (Å²) >= 11 is 1.74. The number of thioether (sulfide) groups is 1. The molecule has 0 aliphatic heterocycles. The van der Waals surface area contributed by atoms with Gasteiger partial charge in [0.05, 0.1) is 0 Å². The fourth-order valence-electron chi connectivity index (χ4n) is 0.810. The molecule has 2 heteroatoms. The summed E-state index contributed by atoms with van der Waals surface area (Å²) < 4.78 is 0. The van der Waals surface area contributed by atoms with Gasteiger partial charge < -0.3 is 5.73 Å². The second-order valence-corrected chi connectivity index (χ2v) is 4.68. The Morgan fingerprint density at radius 2 is 1.69 bits per heavy atom. The highest BCUT2D eigenvalue weighted by Gasteiger charge is 2.02. The molecule has 0 amide bonds. The van der Waals surface area contributed by atoms with Crippen LogP contribution in [0, 0.1) is 11.8 Å². The molecule has 0 unspecified atom stereocenters. The molecule has 0 aliphatic rings. The first-order valence-electron chi connectivity index (χ1n) is 4.77. The maximum absolute atomic E-state index is 5.83. The van der Waals surface area contributed by atoms with Crippen LogP contribution in [-0.2, 0) is 0 Å². The van der Waals surface area contributed by atoms with Crippen LogP contribution in [0.5, 0.6) is 0 Å². The maximum Gasteiger partial charge on any atom is 0.0174 e. The van der Waals surface area contributed by atoms with Crippen molar-refractivity contribution in [3.8, 4) is 0 Å². The van der Waals surface area contributed by atoms with Crippen molar-refractivity contribution < 1.29 is 0 Å². The van der Waals surface area contributed by atoms with Crippen LogP contribution in [0.1, 0.15) is 34.6 Å². The highest BCUT2D eigenvalue weighted by atomic mass is 32.2. The Bertz CT molecular complexity index is 202. The molecular formula is C11H21NS. The first-order chi connectivity index (χ1) is 5.99. The van der Waals surface area contributed by atoms with Crippen LogP contribution in [0.25, 0.3) is 0 Å². The summed E-state index contributed by atoms with van der Waals surface area (Å²) in [6.07, 6.45) is 2.15. The lowest BCUT2D eigenvalue weighted by Crippen LogP contribution is -2.03. The predicted molar refractivity (Wildman–Crippen MR) is 63.3 cm³/mol. The van der Waals surface area contributed by atoms with Gasteiger partial charge in [0.2, 0.25) is 0 Å². The molecule has 0 aromatic heterocycles. The van der Waals surface area contributed by atoms with E-state index in [-0.39, 0.29) is 0 Å². The van der Waals surface area contributed by atoms with Gasteiger partial charge in [0.1, 0.15) is 0 Å². The van der Waals surface area contributed by atoms with Crippen LogP contribution in [-0.4, -0.2) is 0 Å². The molecule has 0 rings (SSSR count). The quantitative estimate of drug-likeness (QED) is 0.746. The van der Waals surface area contributed by atoms with Gasteiger partial charge in [0, 0.05) is 5.70 Å². The molecule has 0 heterocycles. The zero-order valence-electron chi connectivity index (χ0n) is 9.29. The SMILES string of the molecule is C/C=C(\S/C=C(\N)C(C)C)C(C)C. The van der Waals surface area contributed by atoms with E-state index >= 15 is 0 Å². The Morgan fingerprint density at radius 1 is 1.15 bits per heavy atom. The Balaban J connectivity index is 4.21. The van der Waals surface area contributed by atoms with E-state index in [2.05, 4.69) is 46.1 Å². The van der Waals surface area contributed by atoms with E-state index in [1.165, 1.54) is 4.91 Å². The first kappa shape index (κ1) is 12.6. The molecule has 1 nitrogen and oxygen atoms in total. The van der Waals surface area contributed by atoms with E-state index < -0.39 is 0 Å². The van der Waals surface area contributed by atoms with Gasteiger partial charge in [-0.15, -0.1) is 11.8 Å². The molecule has 0 radical (unpaired) electrons. The van der Waals surface area contributed by atoms with Gasteiger partial charge in [-0.2, -0.15) is 0 Å². The Labute approximate surface area is 86.5 Å². The predicted octanol–water partition coefficient (Wildman–Crippen LogP) is 3.74. The van der Waals surface area contributed by atoms with Gasteiger partial charge in [-0.05, 0) is 29.1 Å². The van der Waals surface area contributed by atoms with Crippen molar-refractivity contribution >= 4 is 11.8 Å². The molecular weight excluding hydrogens is 178 g/mol. The van der Waals surface area contributed by atoms with Gasteiger partial charge in [0.15, 0.2) is 0 Å². The zero-order valence-corrected chi connectivity index (χ0v) is 10.1. The van der Waals surface area contributed by atoms with Gasteiger partial charge in [-0.3, -0.25) is 0 Å². The summed E-state index contributed by atoms with van der Waals surface area (Å²) in [6.45, 7) is 10.7. The van der Waals surface area contributed by atoms with Crippen LogP contribution >= 0.6 is 11.8 Å². The molecule has 76 valence electrons. The van der Waals surface area contributed by atoms with Gasteiger partial charge in [0.25, 0.3) is 0 Å². The monoisotopic (exact) mass is 199 g/mol. The standard InChI is InChI=1S/C11H21NS/c1-6-11(9(4)5)13-7-10(12)8(2)3/h6-9H,12H2,1-5H3/b10-7-,11-6-. The van der Waals surface area contributed by atoms with Crippen molar-refractivity contribution in [2.75, 3.05) is 0 Å². The minimum atomic E-state index is 0.442. The molecule has 0 aromatic carbocycles. The third-order valence-corrected chi connectivity index (χ3v) is 3.22. The summed E-state index contributed by atoms with van der Waals surface area (Å²) in [5.41, 5.74) is 6.80. The van der Waals surface area contributed by atoms with Gasteiger partial charge in [-0.25, -0.2) is 0 Å². The Kier molecular flexibility index (Phi) is 5.97. The molecule has 0 aromatic rings. The second-order valence-electron chi connectivity index (χ2n) is 3.74. The van der Waals surface area contributed by atoms with E-state index in [0.717, 1.165) is 5.70 Å². The molecule has 0 spiro atoms. The fourth-order valence-corrected chi connectivity index (χ4v) is 1.76. The zero-order chi connectivity index (χ0) is 10.4. The van der Waals surface area contributed by atoms with Crippen molar-refractivity contribution in [1.29, 1.82) is 0 Å². The molecule has 0 bridgehead atoms. The minimum Gasteiger partial charge on any atom is -0.401 e.